The van der Waals surface area contributed by atoms with Crippen LogP contribution in [0, 0.1) is 0 Å². The number of hydrogen-bond acceptors (Lipinski definition) is 4. The van der Waals surface area contributed by atoms with Gasteiger partial charge in [0.25, 0.3) is 0 Å². The lowest BCUT2D eigenvalue weighted by Gasteiger charge is -2.00. The first-order valence-electron chi connectivity index (χ1n) is 3.94. The third-order valence-corrected chi connectivity index (χ3v) is 2.95. The second kappa shape index (κ2) is 3.47. The van der Waals surface area contributed by atoms with Gasteiger partial charge in [0.05, 0.1) is 10.2 Å². The van der Waals surface area contributed by atoms with E-state index in [-0.39, 0.29) is 4.87 Å². The van der Waals surface area contributed by atoms with Crippen molar-refractivity contribution in [2.24, 2.45) is 7.05 Å². The van der Waals surface area contributed by atoms with E-state index in [1.807, 2.05) is 0 Å². The van der Waals surface area contributed by atoms with E-state index in [0.29, 0.717) is 13.4 Å². The summed E-state index contributed by atoms with van der Waals surface area (Å²) in [6.45, 7) is 0. The summed E-state index contributed by atoms with van der Waals surface area (Å²) in [7, 11) is 2.34. The zero-order chi connectivity index (χ0) is 10.1. The maximum atomic E-state index is 11.3. The molecule has 0 atom stereocenters. The quantitative estimate of drug-likeness (QED) is 0.731. The van der Waals surface area contributed by atoms with Gasteiger partial charge in [-0.1, -0.05) is 11.3 Å². The number of rotatable bonds is 2. The SMILES string of the molecule is Cn1c(=O)sc2cc(O[B]O)ccc21. The Morgan fingerprint density at radius 3 is 3.07 bits per heavy atom. The van der Waals surface area contributed by atoms with Crippen molar-refractivity contribution < 1.29 is 9.68 Å². The van der Waals surface area contributed by atoms with Gasteiger partial charge < -0.3 is 14.2 Å². The minimum Gasteiger partial charge on any atom is -0.537 e. The smallest absolute Gasteiger partial charge is 0.537 e. The molecule has 0 bridgehead atoms. The monoisotopic (exact) mass is 208 g/mol. The molecule has 0 spiro atoms. The van der Waals surface area contributed by atoms with Crippen molar-refractivity contribution in [1.29, 1.82) is 0 Å². The number of fused-ring (bicyclic) bond motifs is 1. The highest BCUT2D eigenvalue weighted by Crippen LogP contribution is 2.22. The molecule has 0 saturated heterocycles. The molecule has 0 aliphatic rings. The molecular weight excluding hydrogens is 201 g/mol. The Kier molecular flexibility index (Phi) is 2.31. The average molecular weight is 208 g/mol. The summed E-state index contributed by atoms with van der Waals surface area (Å²) in [6.07, 6.45) is 0. The van der Waals surface area contributed by atoms with Gasteiger partial charge in [0.1, 0.15) is 5.75 Å². The largest absolute Gasteiger partial charge is 0.569 e. The van der Waals surface area contributed by atoms with Crippen molar-refractivity contribution in [3.05, 3.63) is 27.9 Å². The van der Waals surface area contributed by atoms with E-state index in [4.69, 9.17) is 9.68 Å². The van der Waals surface area contributed by atoms with Crippen molar-refractivity contribution in [3.63, 3.8) is 0 Å². The van der Waals surface area contributed by atoms with Gasteiger partial charge in [-0.15, -0.1) is 0 Å². The number of aryl methyl sites for hydroxylation is 1. The first-order valence-corrected chi connectivity index (χ1v) is 4.76. The van der Waals surface area contributed by atoms with Gasteiger partial charge in [0.2, 0.25) is 0 Å². The van der Waals surface area contributed by atoms with Crippen LogP contribution in [0.25, 0.3) is 10.2 Å². The standard InChI is InChI=1S/C8H7BNO3S/c1-10-6-3-2-5(13-9-12)4-7(6)14-8(10)11/h2-4,12H,1H3. The van der Waals surface area contributed by atoms with Gasteiger partial charge in [-0.2, -0.15) is 0 Å². The summed E-state index contributed by atoms with van der Waals surface area (Å²) in [5.74, 6) is 0.516. The van der Waals surface area contributed by atoms with Crippen molar-refractivity contribution in [1.82, 2.24) is 4.57 Å². The lowest BCUT2D eigenvalue weighted by molar-refractivity contribution is 0.454. The van der Waals surface area contributed by atoms with Gasteiger partial charge in [0.15, 0.2) is 0 Å². The van der Waals surface area contributed by atoms with Crippen LogP contribution in [0.3, 0.4) is 0 Å². The van der Waals surface area contributed by atoms with Crippen molar-refractivity contribution in [3.8, 4) is 5.75 Å². The molecule has 2 rings (SSSR count). The van der Waals surface area contributed by atoms with Crippen LogP contribution in [0.5, 0.6) is 5.75 Å². The molecule has 0 aliphatic carbocycles. The van der Waals surface area contributed by atoms with E-state index in [2.05, 4.69) is 0 Å². The fourth-order valence-corrected chi connectivity index (χ4v) is 2.16. The molecule has 1 aromatic heterocycles. The highest BCUT2D eigenvalue weighted by molar-refractivity contribution is 7.16. The van der Waals surface area contributed by atoms with E-state index in [1.54, 1.807) is 29.8 Å². The van der Waals surface area contributed by atoms with Gasteiger partial charge in [-0.25, -0.2) is 0 Å². The Morgan fingerprint density at radius 1 is 1.57 bits per heavy atom. The first kappa shape index (κ1) is 9.30. The predicted molar refractivity (Wildman–Crippen MR) is 55.7 cm³/mol. The topological polar surface area (TPSA) is 51.5 Å². The number of nitrogens with zero attached hydrogens (tertiary/aromatic N) is 1. The third kappa shape index (κ3) is 1.42. The van der Waals surface area contributed by atoms with E-state index in [1.165, 1.54) is 0 Å². The normalized spacial score (nSPS) is 10.4. The molecule has 0 unspecified atom stereocenters. The molecule has 6 heteroatoms. The summed E-state index contributed by atoms with van der Waals surface area (Å²) < 4.78 is 7.21. The molecule has 71 valence electrons. The van der Waals surface area contributed by atoms with E-state index in [0.717, 1.165) is 21.6 Å². The number of thiazole rings is 1. The second-order valence-corrected chi connectivity index (χ2v) is 3.77. The van der Waals surface area contributed by atoms with E-state index < -0.39 is 0 Å². The summed E-state index contributed by atoms with van der Waals surface area (Å²) in [5.41, 5.74) is 0.866. The van der Waals surface area contributed by atoms with Crippen LogP contribution in [0.4, 0.5) is 0 Å². The molecule has 2 aromatic rings. The van der Waals surface area contributed by atoms with Crippen LogP contribution in [0.15, 0.2) is 23.0 Å². The van der Waals surface area contributed by atoms with Gasteiger partial charge in [-0.3, -0.25) is 4.79 Å². The number of hydrogen-bond donors (Lipinski definition) is 1. The Bertz CT molecular complexity index is 519. The van der Waals surface area contributed by atoms with Crippen molar-refractivity contribution >= 4 is 29.2 Å². The minimum absolute atomic E-state index is 0.00914. The van der Waals surface area contributed by atoms with Gasteiger partial charge >= 0.3 is 12.6 Å². The summed E-state index contributed by atoms with van der Waals surface area (Å²) in [5, 5.41) is 8.44. The van der Waals surface area contributed by atoms with E-state index >= 15 is 0 Å². The van der Waals surface area contributed by atoms with Crippen LogP contribution in [0.2, 0.25) is 0 Å². The van der Waals surface area contributed by atoms with Gasteiger partial charge in [-0.05, 0) is 18.2 Å². The van der Waals surface area contributed by atoms with Crippen LogP contribution in [-0.2, 0) is 7.05 Å². The third-order valence-electron chi connectivity index (χ3n) is 1.95. The molecule has 1 radical (unpaired) electrons. The maximum absolute atomic E-state index is 11.3. The fraction of sp³-hybridized carbons (Fsp3) is 0.125. The van der Waals surface area contributed by atoms with Crippen LogP contribution < -0.4 is 9.53 Å². The summed E-state index contributed by atoms with van der Waals surface area (Å²) >= 11 is 1.15. The van der Waals surface area contributed by atoms with Crippen molar-refractivity contribution in [2.45, 2.75) is 0 Å². The molecular formula is C8H7BNO3S. The molecule has 1 heterocycles. The summed E-state index contributed by atoms with van der Waals surface area (Å²) in [4.78, 5) is 11.3. The minimum atomic E-state index is -0.00914. The molecule has 14 heavy (non-hydrogen) atoms. The van der Waals surface area contributed by atoms with Crippen LogP contribution in [-0.4, -0.2) is 17.3 Å². The Balaban J connectivity index is 2.61. The van der Waals surface area contributed by atoms with Crippen molar-refractivity contribution in [2.75, 3.05) is 0 Å². The van der Waals surface area contributed by atoms with Crippen LogP contribution >= 0.6 is 11.3 Å². The number of aromatic nitrogens is 1. The molecule has 0 aliphatic heterocycles. The molecule has 0 fully saturated rings. The molecule has 1 N–H and O–H groups in total. The fourth-order valence-electron chi connectivity index (χ4n) is 1.25. The second-order valence-electron chi connectivity index (χ2n) is 2.78. The predicted octanol–water partition coefficient (Wildman–Crippen LogP) is 0.505. The zero-order valence-electron chi connectivity index (χ0n) is 7.43. The Labute approximate surface area is 84.7 Å². The lowest BCUT2D eigenvalue weighted by Crippen LogP contribution is -2.06. The summed E-state index contributed by atoms with van der Waals surface area (Å²) in [6, 6.07) is 5.20. The zero-order valence-corrected chi connectivity index (χ0v) is 8.25. The Hall–Kier alpha value is -1.27. The first-order chi connectivity index (χ1) is 6.72. The Morgan fingerprint density at radius 2 is 2.36 bits per heavy atom. The lowest BCUT2D eigenvalue weighted by atomic mass is 10.3. The molecule has 4 nitrogen and oxygen atoms in total. The van der Waals surface area contributed by atoms with Gasteiger partial charge in [0, 0.05) is 7.05 Å². The number of benzene rings is 1. The highest BCUT2D eigenvalue weighted by atomic mass is 32.1. The molecule has 0 saturated carbocycles. The molecule has 0 amide bonds. The van der Waals surface area contributed by atoms with Crippen LogP contribution in [0.1, 0.15) is 0 Å². The van der Waals surface area contributed by atoms with E-state index in [9.17, 15) is 4.79 Å². The highest BCUT2D eigenvalue weighted by Gasteiger charge is 2.04. The molecule has 1 aromatic carbocycles. The average Bonchev–Trinajstić information content (AvgIpc) is 2.43. The maximum Gasteiger partial charge on any atom is 0.569 e.